The van der Waals surface area contributed by atoms with Gasteiger partial charge in [0.05, 0.1) is 27.4 Å². The van der Waals surface area contributed by atoms with Gasteiger partial charge in [-0.1, -0.05) is 30.3 Å². The fraction of sp³-hybridized carbons (Fsp3) is 0.500. The van der Waals surface area contributed by atoms with Gasteiger partial charge < -0.3 is 23.8 Å². The minimum atomic E-state index is -0.840. The Labute approximate surface area is 230 Å². The van der Waals surface area contributed by atoms with Crippen molar-refractivity contribution in [2.75, 3.05) is 21.3 Å². The van der Waals surface area contributed by atoms with Gasteiger partial charge in [0.25, 0.3) is 0 Å². The molecule has 9 nitrogen and oxygen atoms in total. The summed E-state index contributed by atoms with van der Waals surface area (Å²) < 4.78 is 21.6. The van der Waals surface area contributed by atoms with Gasteiger partial charge in [-0.25, -0.2) is 4.79 Å². The fourth-order valence-electron chi connectivity index (χ4n) is 4.71. The van der Waals surface area contributed by atoms with Gasteiger partial charge in [-0.05, 0) is 69.4 Å². The largest absolute Gasteiger partial charge is 0.493 e. The summed E-state index contributed by atoms with van der Waals surface area (Å²) >= 11 is 0. The number of hydrogen-bond donors (Lipinski definition) is 1. The third-order valence-electron chi connectivity index (χ3n) is 6.67. The molecule has 212 valence electrons. The van der Waals surface area contributed by atoms with Crippen molar-refractivity contribution in [2.45, 2.75) is 77.2 Å². The van der Waals surface area contributed by atoms with Crippen molar-refractivity contribution in [3.05, 3.63) is 59.2 Å². The molecule has 3 atom stereocenters. The minimum absolute atomic E-state index is 0.178. The average molecular weight is 541 g/mol. The topological polar surface area (TPSA) is 103 Å². The number of nitrogens with one attached hydrogen (secondary N) is 1. The first kappa shape index (κ1) is 30.0. The Kier molecular flexibility index (Phi) is 9.97. The summed E-state index contributed by atoms with van der Waals surface area (Å²) in [5.74, 6) is -0.169. The predicted molar refractivity (Wildman–Crippen MR) is 147 cm³/mol. The molecule has 1 unspecified atom stereocenters. The van der Waals surface area contributed by atoms with Crippen LogP contribution in [0.15, 0.2) is 42.5 Å². The van der Waals surface area contributed by atoms with Crippen LogP contribution in [0.25, 0.3) is 0 Å². The van der Waals surface area contributed by atoms with Crippen LogP contribution in [0, 0.1) is 0 Å². The number of benzene rings is 2. The summed E-state index contributed by atoms with van der Waals surface area (Å²) in [7, 11) is 4.43. The summed E-state index contributed by atoms with van der Waals surface area (Å²) in [6, 6.07) is 11.2. The SMILES string of the molecule is COC(=O)C(CCc1ccccc1)N[C@@H](C)C(=O)N1Cc2cc(OC)c(OC)cc2C[C@H]1C(=O)OC(C)(C)C. The number of ether oxygens (including phenoxy) is 4. The van der Waals surface area contributed by atoms with E-state index in [0.717, 1.165) is 16.7 Å². The lowest BCUT2D eigenvalue weighted by atomic mass is 9.92. The number of esters is 2. The molecular weight excluding hydrogens is 500 g/mol. The van der Waals surface area contributed by atoms with E-state index in [2.05, 4.69) is 5.32 Å². The summed E-state index contributed by atoms with van der Waals surface area (Å²) in [4.78, 5) is 41.2. The van der Waals surface area contributed by atoms with Crippen LogP contribution in [0.2, 0.25) is 0 Å². The second-order valence-electron chi connectivity index (χ2n) is 10.7. The minimum Gasteiger partial charge on any atom is -0.493 e. The van der Waals surface area contributed by atoms with Crippen LogP contribution in [0.1, 0.15) is 50.8 Å². The van der Waals surface area contributed by atoms with Gasteiger partial charge in [0.2, 0.25) is 5.91 Å². The summed E-state index contributed by atoms with van der Waals surface area (Å²) in [6.07, 6.45) is 1.34. The maximum absolute atomic E-state index is 13.8. The zero-order valence-corrected chi connectivity index (χ0v) is 23.9. The zero-order valence-electron chi connectivity index (χ0n) is 23.9. The molecule has 0 aromatic heterocycles. The highest BCUT2D eigenvalue weighted by atomic mass is 16.6. The quantitative estimate of drug-likeness (QED) is 0.457. The number of amides is 1. The van der Waals surface area contributed by atoms with E-state index in [4.69, 9.17) is 18.9 Å². The molecule has 0 saturated heterocycles. The van der Waals surface area contributed by atoms with Gasteiger partial charge in [0.1, 0.15) is 17.7 Å². The second-order valence-corrected chi connectivity index (χ2v) is 10.7. The van der Waals surface area contributed by atoms with E-state index in [0.29, 0.717) is 24.3 Å². The highest BCUT2D eigenvalue weighted by molar-refractivity contribution is 5.89. The summed E-state index contributed by atoms with van der Waals surface area (Å²) in [5.41, 5.74) is 2.08. The molecule has 0 bridgehead atoms. The van der Waals surface area contributed by atoms with Crippen LogP contribution in [-0.2, 0) is 43.2 Å². The van der Waals surface area contributed by atoms with E-state index in [1.54, 1.807) is 41.9 Å². The number of rotatable bonds is 10. The van der Waals surface area contributed by atoms with Crippen molar-refractivity contribution in [1.29, 1.82) is 0 Å². The van der Waals surface area contributed by atoms with E-state index in [9.17, 15) is 14.4 Å². The standard InChI is InChI=1S/C30H40N2O7/c1-19(31-23(28(34)38-7)14-13-20-11-9-8-10-12-20)27(33)32-18-22-17-26(37-6)25(36-5)16-21(22)15-24(32)29(35)39-30(2,3)4/h8-12,16-17,19,23-24,31H,13-15,18H2,1-7H3/t19-,23?,24-/m0/s1. The molecule has 1 aliphatic heterocycles. The van der Waals surface area contributed by atoms with Gasteiger partial charge in [0, 0.05) is 13.0 Å². The maximum Gasteiger partial charge on any atom is 0.329 e. The Hall–Kier alpha value is -3.59. The Morgan fingerprint density at radius 2 is 1.62 bits per heavy atom. The lowest BCUT2D eigenvalue weighted by Gasteiger charge is -2.38. The Morgan fingerprint density at radius 1 is 1.00 bits per heavy atom. The van der Waals surface area contributed by atoms with Gasteiger partial charge in [-0.15, -0.1) is 0 Å². The first-order valence-electron chi connectivity index (χ1n) is 13.1. The highest BCUT2D eigenvalue weighted by Crippen LogP contribution is 2.35. The molecule has 1 aliphatic rings. The number of carbonyl (C=O) groups excluding carboxylic acids is 3. The first-order valence-corrected chi connectivity index (χ1v) is 13.1. The van der Waals surface area contributed by atoms with Crippen LogP contribution in [-0.4, -0.2) is 67.8 Å². The van der Waals surface area contributed by atoms with E-state index in [-0.39, 0.29) is 18.9 Å². The number of methoxy groups -OCH3 is 3. The lowest BCUT2D eigenvalue weighted by molar-refractivity contribution is -0.166. The molecular formula is C30H40N2O7. The number of carbonyl (C=O) groups is 3. The van der Waals surface area contributed by atoms with Crippen molar-refractivity contribution >= 4 is 17.8 Å². The molecule has 2 aromatic rings. The van der Waals surface area contributed by atoms with Crippen LogP contribution >= 0.6 is 0 Å². The van der Waals surface area contributed by atoms with E-state index < -0.39 is 35.7 Å². The lowest BCUT2D eigenvalue weighted by Crippen LogP contribution is -2.57. The van der Waals surface area contributed by atoms with Crippen LogP contribution in [0.3, 0.4) is 0 Å². The van der Waals surface area contributed by atoms with Crippen molar-refractivity contribution in [1.82, 2.24) is 10.2 Å². The Morgan fingerprint density at radius 3 is 2.18 bits per heavy atom. The molecule has 1 heterocycles. The molecule has 9 heteroatoms. The van der Waals surface area contributed by atoms with E-state index >= 15 is 0 Å². The van der Waals surface area contributed by atoms with Crippen LogP contribution in [0.5, 0.6) is 11.5 Å². The molecule has 1 N–H and O–H groups in total. The van der Waals surface area contributed by atoms with Crippen molar-refractivity contribution in [3.63, 3.8) is 0 Å². The van der Waals surface area contributed by atoms with E-state index in [1.807, 2.05) is 42.5 Å². The molecule has 0 fully saturated rings. The molecule has 0 radical (unpaired) electrons. The normalized spacial score (nSPS) is 16.5. The fourth-order valence-corrected chi connectivity index (χ4v) is 4.71. The van der Waals surface area contributed by atoms with Gasteiger partial charge in [-0.3, -0.25) is 14.9 Å². The smallest absolute Gasteiger partial charge is 0.329 e. The first-order chi connectivity index (χ1) is 18.5. The van der Waals surface area contributed by atoms with Crippen LogP contribution in [0.4, 0.5) is 0 Å². The number of nitrogens with zero attached hydrogens (tertiary/aromatic N) is 1. The van der Waals surface area contributed by atoms with Gasteiger partial charge in [-0.2, -0.15) is 0 Å². The van der Waals surface area contributed by atoms with Crippen LogP contribution < -0.4 is 14.8 Å². The predicted octanol–water partition coefficient (Wildman–Crippen LogP) is 3.45. The molecule has 39 heavy (non-hydrogen) atoms. The van der Waals surface area contributed by atoms with Gasteiger partial charge >= 0.3 is 11.9 Å². The third kappa shape index (κ3) is 7.72. The zero-order chi connectivity index (χ0) is 28.7. The Bertz CT molecular complexity index is 1160. The second kappa shape index (κ2) is 13.0. The summed E-state index contributed by atoms with van der Waals surface area (Å²) in [5, 5.41) is 3.14. The molecule has 1 amide bonds. The maximum atomic E-state index is 13.8. The summed E-state index contributed by atoms with van der Waals surface area (Å²) in [6.45, 7) is 7.24. The molecule has 2 aromatic carbocycles. The molecule has 3 rings (SSSR count). The number of fused-ring (bicyclic) bond motifs is 1. The van der Waals surface area contributed by atoms with Crippen molar-refractivity contribution < 1.29 is 33.3 Å². The monoisotopic (exact) mass is 540 g/mol. The van der Waals surface area contributed by atoms with Crippen molar-refractivity contribution in [2.24, 2.45) is 0 Å². The molecule has 0 spiro atoms. The number of hydrogen-bond acceptors (Lipinski definition) is 8. The molecule has 0 saturated carbocycles. The Balaban J connectivity index is 1.86. The van der Waals surface area contributed by atoms with E-state index in [1.165, 1.54) is 12.0 Å². The van der Waals surface area contributed by atoms with Gasteiger partial charge in [0.15, 0.2) is 11.5 Å². The van der Waals surface area contributed by atoms with Crippen molar-refractivity contribution in [3.8, 4) is 11.5 Å². The highest BCUT2D eigenvalue weighted by Gasteiger charge is 2.40. The number of aryl methyl sites for hydroxylation is 1. The molecule has 0 aliphatic carbocycles. The average Bonchev–Trinajstić information content (AvgIpc) is 2.92. The third-order valence-corrected chi connectivity index (χ3v) is 6.67.